The van der Waals surface area contributed by atoms with E-state index in [1.54, 1.807) is 17.5 Å². The van der Waals surface area contributed by atoms with E-state index in [1.165, 1.54) is 23.3 Å². The summed E-state index contributed by atoms with van der Waals surface area (Å²) in [7, 11) is 0. The van der Waals surface area contributed by atoms with E-state index in [-0.39, 0.29) is 11.8 Å². The molecule has 7 heteroatoms. The molecule has 0 unspecified atom stereocenters. The van der Waals surface area contributed by atoms with Crippen molar-refractivity contribution < 1.29 is 4.79 Å². The maximum atomic E-state index is 13.1. The number of pyridine rings is 1. The molecule has 146 valence electrons. The monoisotopic (exact) mass is 395 g/mol. The molecule has 3 aromatic heterocycles. The minimum absolute atomic E-state index is 0.186. The fourth-order valence-corrected chi connectivity index (χ4v) is 5.75. The molecule has 0 aromatic carbocycles. The van der Waals surface area contributed by atoms with Gasteiger partial charge in [0.05, 0.1) is 17.1 Å². The standard InChI is InChI=1S/C21H25N5OS/c22-8-11-26-20-16(5-3-9-23-20)19(24-26)15-7-10-25(13-15)21(27)18-12-14-4-1-2-6-17(14)28-18/h3,5,9,12,15H,1-2,4,6-8,10-11,13,22H2/t15-/m1/s1. The molecule has 6 nitrogen and oxygen atoms in total. The highest BCUT2D eigenvalue weighted by Gasteiger charge is 2.32. The number of carbonyl (C=O) groups is 1. The molecule has 1 atom stereocenters. The molecule has 0 saturated carbocycles. The van der Waals surface area contributed by atoms with E-state index >= 15 is 0 Å². The van der Waals surface area contributed by atoms with Crippen LogP contribution < -0.4 is 5.73 Å². The topological polar surface area (TPSA) is 77.0 Å². The van der Waals surface area contributed by atoms with E-state index in [1.807, 2.05) is 15.6 Å². The number of fused-ring (bicyclic) bond motifs is 2. The van der Waals surface area contributed by atoms with Gasteiger partial charge in [-0.2, -0.15) is 5.10 Å². The molecule has 0 spiro atoms. The molecule has 0 bridgehead atoms. The number of aromatic nitrogens is 3. The Morgan fingerprint density at radius 1 is 1.32 bits per heavy atom. The Kier molecular flexibility index (Phi) is 4.64. The van der Waals surface area contributed by atoms with Gasteiger partial charge in [-0.1, -0.05) is 0 Å². The van der Waals surface area contributed by atoms with Crippen molar-refractivity contribution in [3.05, 3.63) is 45.4 Å². The van der Waals surface area contributed by atoms with Crippen molar-refractivity contribution in [2.45, 2.75) is 44.6 Å². The van der Waals surface area contributed by atoms with Gasteiger partial charge in [-0.15, -0.1) is 11.3 Å². The van der Waals surface area contributed by atoms with Gasteiger partial charge < -0.3 is 10.6 Å². The largest absolute Gasteiger partial charge is 0.337 e. The minimum atomic E-state index is 0.186. The van der Waals surface area contributed by atoms with Crippen molar-refractivity contribution in [1.29, 1.82) is 0 Å². The first-order chi connectivity index (χ1) is 13.7. The Labute approximate surface area is 168 Å². The van der Waals surface area contributed by atoms with Crippen molar-refractivity contribution in [2.75, 3.05) is 19.6 Å². The van der Waals surface area contributed by atoms with Gasteiger partial charge in [-0.3, -0.25) is 4.79 Å². The van der Waals surface area contributed by atoms with E-state index in [9.17, 15) is 4.79 Å². The first kappa shape index (κ1) is 17.8. The Balaban J connectivity index is 1.38. The number of hydrogen-bond donors (Lipinski definition) is 1. The lowest BCUT2D eigenvalue weighted by atomic mass is 9.99. The van der Waals surface area contributed by atoms with Crippen LogP contribution in [0.2, 0.25) is 0 Å². The first-order valence-corrected chi connectivity index (χ1v) is 11.0. The smallest absolute Gasteiger partial charge is 0.263 e. The average molecular weight is 396 g/mol. The summed E-state index contributed by atoms with van der Waals surface area (Å²) >= 11 is 1.71. The van der Waals surface area contributed by atoms with Crippen LogP contribution in [-0.2, 0) is 19.4 Å². The number of thiophene rings is 1. The average Bonchev–Trinajstić information content (AvgIpc) is 3.44. The van der Waals surface area contributed by atoms with Crippen LogP contribution in [0.5, 0.6) is 0 Å². The second-order valence-electron chi connectivity index (χ2n) is 7.77. The highest BCUT2D eigenvalue weighted by Crippen LogP contribution is 2.34. The number of nitrogens with two attached hydrogens (primary N) is 1. The zero-order chi connectivity index (χ0) is 19.1. The summed E-state index contributed by atoms with van der Waals surface area (Å²) in [6, 6.07) is 6.17. The third kappa shape index (κ3) is 3.02. The summed E-state index contributed by atoms with van der Waals surface area (Å²) in [5.41, 5.74) is 9.08. The third-order valence-corrected chi connectivity index (χ3v) is 7.17. The molecule has 4 heterocycles. The Morgan fingerprint density at radius 2 is 2.21 bits per heavy atom. The van der Waals surface area contributed by atoms with E-state index < -0.39 is 0 Å². The van der Waals surface area contributed by atoms with E-state index in [0.29, 0.717) is 13.1 Å². The van der Waals surface area contributed by atoms with Gasteiger partial charge in [0.1, 0.15) is 0 Å². The van der Waals surface area contributed by atoms with Crippen LogP contribution in [-0.4, -0.2) is 45.2 Å². The van der Waals surface area contributed by atoms with Crippen molar-refractivity contribution in [1.82, 2.24) is 19.7 Å². The van der Waals surface area contributed by atoms with Gasteiger partial charge in [0, 0.05) is 42.0 Å². The molecule has 28 heavy (non-hydrogen) atoms. The van der Waals surface area contributed by atoms with Crippen LogP contribution >= 0.6 is 11.3 Å². The Bertz CT molecular complexity index is 1000. The second-order valence-corrected chi connectivity index (χ2v) is 8.91. The minimum Gasteiger partial charge on any atom is -0.337 e. The van der Waals surface area contributed by atoms with Crippen LogP contribution in [0, 0.1) is 0 Å². The lowest BCUT2D eigenvalue weighted by Crippen LogP contribution is -2.27. The second kappa shape index (κ2) is 7.29. The van der Waals surface area contributed by atoms with Gasteiger partial charge in [0.25, 0.3) is 5.91 Å². The summed E-state index contributed by atoms with van der Waals surface area (Å²) in [6.07, 6.45) is 7.49. The van der Waals surface area contributed by atoms with Crippen LogP contribution in [0.3, 0.4) is 0 Å². The quantitative estimate of drug-likeness (QED) is 0.737. The lowest BCUT2D eigenvalue weighted by Gasteiger charge is -2.15. The van der Waals surface area contributed by atoms with Crippen LogP contribution in [0.4, 0.5) is 0 Å². The number of amides is 1. The van der Waals surface area contributed by atoms with Crippen LogP contribution in [0.15, 0.2) is 24.4 Å². The summed E-state index contributed by atoms with van der Waals surface area (Å²) in [5, 5.41) is 5.90. The predicted molar refractivity (Wildman–Crippen MR) is 111 cm³/mol. The van der Waals surface area contributed by atoms with Crippen LogP contribution in [0.25, 0.3) is 11.0 Å². The summed E-state index contributed by atoms with van der Waals surface area (Å²) < 4.78 is 1.91. The summed E-state index contributed by atoms with van der Waals surface area (Å²) in [5.74, 6) is 0.440. The zero-order valence-electron chi connectivity index (χ0n) is 15.9. The van der Waals surface area contributed by atoms with Crippen molar-refractivity contribution in [3.63, 3.8) is 0 Å². The summed E-state index contributed by atoms with van der Waals surface area (Å²) in [4.78, 5) is 21.9. The molecule has 3 aromatic rings. The molecule has 1 aliphatic carbocycles. The number of nitrogens with zero attached hydrogens (tertiary/aromatic N) is 4. The van der Waals surface area contributed by atoms with Gasteiger partial charge in [0.15, 0.2) is 5.65 Å². The number of carbonyl (C=O) groups excluding carboxylic acids is 1. The lowest BCUT2D eigenvalue weighted by molar-refractivity contribution is 0.0795. The fourth-order valence-electron chi connectivity index (χ4n) is 4.53. The molecule has 0 radical (unpaired) electrons. The summed E-state index contributed by atoms with van der Waals surface area (Å²) in [6.45, 7) is 2.71. The zero-order valence-corrected chi connectivity index (χ0v) is 16.7. The molecular weight excluding hydrogens is 370 g/mol. The van der Waals surface area contributed by atoms with Crippen LogP contribution in [0.1, 0.15) is 51.0 Å². The molecule has 2 N–H and O–H groups in total. The molecule has 1 aliphatic heterocycles. The number of hydrogen-bond acceptors (Lipinski definition) is 5. The van der Waals surface area contributed by atoms with E-state index in [2.05, 4.69) is 17.1 Å². The fraction of sp³-hybridized carbons (Fsp3) is 0.476. The number of aryl methyl sites for hydroxylation is 2. The molecule has 1 amide bonds. The Morgan fingerprint density at radius 3 is 3.07 bits per heavy atom. The SMILES string of the molecule is NCCn1nc([C@@H]2CCN(C(=O)c3cc4c(s3)CCCC4)C2)c2cccnc21. The first-order valence-electron chi connectivity index (χ1n) is 10.2. The predicted octanol–water partition coefficient (Wildman–Crippen LogP) is 2.96. The maximum absolute atomic E-state index is 13.1. The molecule has 2 aliphatic rings. The highest BCUT2D eigenvalue weighted by molar-refractivity contribution is 7.14. The van der Waals surface area contributed by atoms with E-state index in [0.717, 1.165) is 54.0 Å². The Hall–Kier alpha value is -2.25. The van der Waals surface area contributed by atoms with Crippen molar-refractivity contribution in [2.24, 2.45) is 5.73 Å². The van der Waals surface area contributed by atoms with Crippen molar-refractivity contribution in [3.8, 4) is 0 Å². The van der Waals surface area contributed by atoms with E-state index in [4.69, 9.17) is 10.8 Å². The molecule has 5 rings (SSSR count). The van der Waals surface area contributed by atoms with Gasteiger partial charge in [-0.25, -0.2) is 9.67 Å². The normalized spacial score (nSPS) is 19.3. The number of rotatable bonds is 4. The molecule has 1 fully saturated rings. The van der Waals surface area contributed by atoms with Gasteiger partial charge in [0.2, 0.25) is 0 Å². The van der Waals surface area contributed by atoms with Gasteiger partial charge >= 0.3 is 0 Å². The number of likely N-dealkylation sites (tertiary alicyclic amines) is 1. The van der Waals surface area contributed by atoms with Gasteiger partial charge in [-0.05, 0) is 55.9 Å². The van der Waals surface area contributed by atoms with Crippen molar-refractivity contribution >= 4 is 28.3 Å². The maximum Gasteiger partial charge on any atom is 0.263 e. The molecule has 1 saturated heterocycles. The third-order valence-electron chi connectivity index (χ3n) is 5.95. The molecular formula is C21H25N5OS. The highest BCUT2D eigenvalue weighted by atomic mass is 32.1.